The molecule has 0 spiro atoms. The Morgan fingerprint density at radius 3 is 2.82 bits per heavy atom. The number of aromatic nitrogens is 2. The van der Waals surface area contributed by atoms with Crippen LogP contribution in [0, 0.1) is 12.7 Å². The summed E-state index contributed by atoms with van der Waals surface area (Å²) >= 11 is 1.42. The summed E-state index contributed by atoms with van der Waals surface area (Å²) in [5.74, 6) is -0.205. The van der Waals surface area contributed by atoms with Crippen LogP contribution in [0.1, 0.15) is 33.3 Å². The van der Waals surface area contributed by atoms with E-state index in [1.54, 1.807) is 31.2 Å². The van der Waals surface area contributed by atoms with Gasteiger partial charge in [0.15, 0.2) is 6.79 Å². The second-order valence-electron chi connectivity index (χ2n) is 7.85. The van der Waals surface area contributed by atoms with Crippen molar-refractivity contribution in [2.45, 2.75) is 27.0 Å². The van der Waals surface area contributed by atoms with Crippen LogP contribution in [0.2, 0.25) is 0 Å². The molecule has 0 saturated heterocycles. The molecule has 1 aliphatic heterocycles. The van der Waals surface area contributed by atoms with Gasteiger partial charge < -0.3 is 14.2 Å². The van der Waals surface area contributed by atoms with Crippen molar-refractivity contribution in [2.24, 2.45) is 0 Å². The van der Waals surface area contributed by atoms with E-state index < -0.39 is 5.97 Å². The van der Waals surface area contributed by atoms with Gasteiger partial charge in [0.1, 0.15) is 16.4 Å². The van der Waals surface area contributed by atoms with Gasteiger partial charge in [0.05, 0.1) is 37.0 Å². The largest absolute Gasteiger partial charge is 0.467 e. The fourth-order valence-electron chi connectivity index (χ4n) is 4.15. The van der Waals surface area contributed by atoms with Crippen LogP contribution < -0.4 is 10.3 Å². The minimum atomic E-state index is -0.454. The number of nitrogens with zero attached hydrogens (tertiary/aromatic N) is 2. The molecule has 0 atom stereocenters. The van der Waals surface area contributed by atoms with Crippen LogP contribution in [0.5, 0.6) is 5.75 Å². The Balaban J connectivity index is 1.62. The number of carbonyl (C=O) groups is 1. The van der Waals surface area contributed by atoms with Crippen molar-refractivity contribution in [3.05, 3.63) is 80.5 Å². The van der Waals surface area contributed by atoms with Crippen LogP contribution in [-0.4, -0.2) is 28.9 Å². The Morgan fingerprint density at radius 2 is 2.06 bits per heavy atom. The summed E-state index contributed by atoms with van der Waals surface area (Å²) in [5, 5.41) is 0.483. The first-order valence-corrected chi connectivity index (χ1v) is 11.6. The van der Waals surface area contributed by atoms with E-state index in [4.69, 9.17) is 14.2 Å². The van der Waals surface area contributed by atoms with E-state index in [1.165, 1.54) is 34.4 Å². The molecule has 1 aliphatic rings. The highest BCUT2D eigenvalue weighted by Gasteiger charge is 2.22. The van der Waals surface area contributed by atoms with Crippen molar-refractivity contribution in [1.82, 2.24) is 9.55 Å². The highest BCUT2D eigenvalue weighted by atomic mass is 32.1. The maximum absolute atomic E-state index is 13.6. The van der Waals surface area contributed by atoms with Crippen molar-refractivity contribution in [3.8, 4) is 16.9 Å². The number of hydrogen-bond donors (Lipinski definition) is 0. The molecule has 7 nitrogen and oxygen atoms in total. The summed E-state index contributed by atoms with van der Waals surface area (Å²) in [6.45, 7) is 4.44. The monoisotopic (exact) mass is 480 g/mol. The molecule has 4 aromatic rings. The highest BCUT2D eigenvalue weighted by molar-refractivity contribution is 7.19. The number of aryl methyl sites for hydroxylation is 1. The van der Waals surface area contributed by atoms with E-state index in [-0.39, 0.29) is 31.3 Å². The molecule has 5 rings (SSSR count). The summed E-state index contributed by atoms with van der Waals surface area (Å²) < 4.78 is 31.2. The predicted molar refractivity (Wildman–Crippen MR) is 126 cm³/mol. The van der Waals surface area contributed by atoms with Crippen molar-refractivity contribution >= 4 is 27.5 Å². The topological polar surface area (TPSA) is 79.7 Å². The molecule has 0 aliphatic carbocycles. The Morgan fingerprint density at radius 1 is 1.26 bits per heavy atom. The molecule has 0 radical (unpaired) electrons. The lowest BCUT2D eigenvalue weighted by Gasteiger charge is -2.22. The maximum Gasteiger partial charge on any atom is 0.338 e. The number of thiophene rings is 1. The zero-order valence-electron chi connectivity index (χ0n) is 18.6. The number of benzene rings is 2. The van der Waals surface area contributed by atoms with Gasteiger partial charge in [-0.2, -0.15) is 0 Å². The third-order valence-electron chi connectivity index (χ3n) is 5.63. The third-order valence-corrected chi connectivity index (χ3v) is 6.64. The SMILES string of the molecule is CCOC(=O)c1cc2c(c(Cn3cnc4sc(C)c(-c5ccc(F)cc5)c4c3=O)c1)OCOC2. The lowest BCUT2D eigenvalue weighted by Crippen LogP contribution is -2.23. The van der Waals surface area contributed by atoms with Gasteiger partial charge in [0.2, 0.25) is 0 Å². The molecule has 0 unspecified atom stereocenters. The number of fused-ring (bicyclic) bond motifs is 2. The van der Waals surface area contributed by atoms with Gasteiger partial charge >= 0.3 is 5.97 Å². The van der Waals surface area contributed by atoms with Crippen LogP contribution in [0.25, 0.3) is 21.3 Å². The van der Waals surface area contributed by atoms with Crippen LogP contribution in [0.3, 0.4) is 0 Å². The first-order chi connectivity index (χ1) is 16.5. The van der Waals surface area contributed by atoms with Gasteiger partial charge in [-0.05, 0) is 43.7 Å². The second-order valence-corrected chi connectivity index (χ2v) is 9.06. The van der Waals surface area contributed by atoms with Gasteiger partial charge in [-0.25, -0.2) is 14.2 Å². The normalized spacial score (nSPS) is 12.9. The van der Waals surface area contributed by atoms with Gasteiger partial charge in [-0.15, -0.1) is 11.3 Å². The van der Waals surface area contributed by atoms with Crippen molar-refractivity contribution in [2.75, 3.05) is 13.4 Å². The fraction of sp³-hybridized carbons (Fsp3) is 0.240. The molecule has 0 bridgehead atoms. The van der Waals surface area contributed by atoms with E-state index in [0.29, 0.717) is 39.3 Å². The van der Waals surface area contributed by atoms with Crippen LogP contribution >= 0.6 is 11.3 Å². The fourth-order valence-corrected chi connectivity index (χ4v) is 5.15. The smallest absolute Gasteiger partial charge is 0.338 e. The Hall–Kier alpha value is -3.56. The molecule has 2 aromatic carbocycles. The molecule has 2 aromatic heterocycles. The Labute approximate surface area is 198 Å². The summed E-state index contributed by atoms with van der Waals surface area (Å²) in [6, 6.07) is 9.44. The Kier molecular flexibility index (Phi) is 5.89. The number of halogens is 1. The molecule has 0 saturated carbocycles. The quantitative estimate of drug-likeness (QED) is 0.387. The molecule has 0 N–H and O–H groups in total. The molecule has 3 heterocycles. The number of rotatable bonds is 5. The number of ether oxygens (including phenoxy) is 3. The first kappa shape index (κ1) is 22.2. The number of carbonyl (C=O) groups excluding carboxylic acids is 1. The van der Waals surface area contributed by atoms with Crippen molar-refractivity contribution in [1.29, 1.82) is 0 Å². The minimum Gasteiger partial charge on any atom is -0.467 e. The minimum absolute atomic E-state index is 0.0867. The van der Waals surface area contributed by atoms with Crippen molar-refractivity contribution in [3.63, 3.8) is 0 Å². The number of hydrogen-bond acceptors (Lipinski definition) is 7. The molecule has 0 fully saturated rings. The number of esters is 1. The third kappa shape index (κ3) is 3.97. The maximum atomic E-state index is 13.6. The summed E-state index contributed by atoms with van der Waals surface area (Å²) in [7, 11) is 0. The van der Waals surface area contributed by atoms with Crippen LogP contribution in [0.4, 0.5) is 4.39 Å². The molecule has 34 heavy (non-hydrogen) atoms. The average Bonchev–Trinajstić information content (AvgIpc) is 3.18. The summed E-state index contributed by atoms with van der Waals surface area (Å²) in [4.78, 5) is 32.0. The van der Waals surface area contributed by atoms with E-state index in [0.717, 1.165) is 16.0 Å². The molecular weight excluding hydrogens is 459 g/mol. The Bertz CT molecular complexity index is 1460. The van der Waals surface area contributed by atoms with Gasteiger partial charge in [-0.1, -0.05) is 12.1 Å². The molecular formula is C25H21FN2O5S. The zero-order valence-corrected chi connectivity index (χ0v) is 19.4. The van der Waals surface area contributed by atoms with E-state index in [2.05, 4.69) is 4.98 Å². The van der Waals surface area contributed by atoms with E-state index >= 15 is 0 Å². The van der Waals surface area contributed by atoms with Gasteiger partial charge in [0.25, 0.3) is 5.56 Å². The van der Waals surface area contributed by atoms with E-state index in [1.807, 2.05) is 6.92 Å². The van der Waals surface area contributed by atoms with E-state index in [9.17, 15) is 14.0 Å². The van der Waals surface area contributed by atoms with Crippen LogP contribution in [-0.2, 0) is 22.6 Å². The lowest BCUT2D eigenvalue weighted by atomic mass is 10.0. The van der Waals surface area contributed by atoms with Gasteiger partial charge in [-0.3, -0.25) is 9.36 Å². The molecule has 9 heteroatoms. The predicted octanol–water partition coefficient (Wildman–Crippen LogP) is 4.66. The first-order valence-electron chi connectivity index (χ1n) is 10.7. The standard InChI is InChI=1S/C25H21FN2O5S/c1-3-32-25(30)16-8-17(22-18(9-16)11-31-13-33-22)10-28-12-27-23-21(24(28)29)20(14(2)34-23)15-4-6-19(26)7-5-15/h4-9,12H,3,10-11,13H2,1-2H3. The molecule has 0 amide bonds. The highest BCUT2D eigenvalue weighted by Crippen LogP contribution is 2.36. The zero-order chi connectivity index (χ0) is 23.8. The van der Waals surface area contributed by atoms with Crippen LogP contribution in [0.15, 0.2) is 47.5 Å². The van der Waals surface area contributed by atoms with Gasteiger partial charge in [0, 0.05) is 21.6 Å². The summed E-state index contributed by atoms with van der Waals surface area (Å²) in [5.41, 5.74) is 3.01. The second kappa shape index (κ2) is 9.00. The molecule has 174 valence electrons. The lowest BCUT2D eigenvalue weighted by molar-refractivity contribution is -0.0171. The van der Waals surface area contributed by atoms with Crippen molar-refractivity contribution < 1.29 is 23.4 Å². The summed E-state index contributed by atoms with van der Waals surface area (Å²) in [6.07, 6.45) is 1.50. The average molecular weight is 481 g/mol.